The van der Waals surface area contributed by atoms with Crippen LogP contribution in [-0.4, -0.2) is 27.0 Å². The zero-order valence-electron chi connectivity index (χ0n) is 11.3. The Hall–Kier alpha value is -2.21. The van der Waals surface area contributed by atoms with Crippen LogP contribution >= 0.6 is 0 Å². The number of nitrogens with zero attached hydrogens (tertiary/aromatic N) is 3. The van der Waals surface area contributed by atoms with Gasteiger partial charge in [0.05, 0.1) is 18.3 Å². The van der Waals surface area contributed by atoms with Gasteiger partial charge in [0.2, 0.25) is 0 Å². The second-order valence-corrected chi connectivity index (χ2v) is 4.86. The van der Waals surface area contributed by atoms with Gasteiger partial charge in [0.15, 0.2) is 0 Å². The Morgan fingerprint density at radius 1 is 1.55 bits per heavy atom. The van der Waals surface area contributed by atoms with Gasteiger partial charge in [-0.05, 0) is 19.1 Å². The number of hydrogen-bond acceptors (Lipinski definition) is 4. The van der Waals surface area contributed by atoms with Gasteiger partial charge in [-0.15, -0.1) is 0 Å². The summed E-state index contributed by atoms with van der Waals surface area (Å²) in [6.07, 6.45) is 3.53. The molecule has 0 spiro atoms. The first-order chi connectivity index (χ1) is 9.74. The smallest absolute Gasteiger partial charge is 0.271 e. The molecule has 6 heteroatoms. The van der Waals surface area contributed by atoms with E-state index >= 15 is 0 Å². The van der Waals surface area contributed by atoms with Crippen LogP contribution in [-0.2, 0) is 13.1 Å². The third-order valence-electron chi connectivity index (χ3n) is 3.39. The molecule has 104 valence electrons. The van der Waals surface area contributed by atoms with E-state index in [0.29, 0.717) is 12.2 Å². The van der Waals surface area contributed by atoms with Gasteiger partial charge in [-0.3, -0.25) is 9.78 Å². The molecule has 3 heterocycles. The highest BCUT2D eigenvalue weighted by Gasteiger charge is 2.21. The number of carbonyl (C=O) groups is 1. The van der Waals surface area contributed by atoms with Crippen molar-refractivity contribution in [3.8, 4) is 0 Å². The van der Waals surface area contributed by atoms with Crippen molar-refractivity contribution in [3.05, 3.63) is 47.8 Å². The quantitative estimate of drug-likeness (QED) is 0.869. The minimum absolute atomic E-state index is 0.162. The van der Waals surface area contributed by atoms with Crippen molar-refractivity contribution in [2.75, 3.05) is 6.54 Å². The average molecular weight is 271 g/mol. The molecule has 1 amide bonds. The lowest BCUT2D eigenvalue weighted by Gasteiger charge is -2.21. The van der Waals surface area contributed by atoms with Gasteiger partial charge in [0, 0.05) is 25.5 Å². The summed E-state index contributed by atoms with van der Waals surface area (Å²) in [5.74, 6) is 0.754. The van der Waals surface area contributed by atoms with E-state index in [4.69, 9.17) is 0 Å². The number of hydrogen-bond donors (Lipinski definition) is 2. The highest BCUT2D eigenvalue weighted by molar-refractivity contribution is 5.92. The maximum atomic E-state index is 12.1. The lowest BCUT2D eigenvalue weighted by atomic mass is 10.2. The minimum Gasteiger partial charge on any atom is -0.345 e. The van der Waals surface area contributed by atoms with Gasteiger partial charge < -0.3 is 15.2 Å². The van der Waals surface area contributed by atoms with Crippen LogP contribution in [0.4, 0.5) is 0 Å². The van der Waals surface area contributed by atoms with Crippen LogP contribution in [0.25, 0.3) is 0 Å². The Kier molecular flexibility index (Phi) is 3.47. The standard InChI is InChI=1S/C14H17N5O/c1-10-13-18-12(9-19(13)7-6-15-10)14(20)17-8-11-4-2-3-5-16-11/h2-5,9-10,15H,6-8H2,1H3,(H,17,20). The number of imidazole rings is 1. The van der Waals surface area contributed by atoms with Gasteiger partial charge in [-0.25, -0.2) is 4.98 Å². The molecule has 0 radical (unpaired) electrons. The van der Waals surface area contributed by atoms with Crippen molar-refractivity contribution in [3.63, 3.8) is 0 Å². The summed E-state index contributed by atoms with van der Waals surface area (Å²) in [5, 5.41) is 6.16. The van der Waals surface area contributed by atoms with Gasteiger partial charge in [0.1, 0.15) is 11.5 Å². The summed E-state index contributed by atoms with van der Waals surface area (Å²) in [7, 11) is 0. The summed E-state index contributed by atoms with van der Waals surface area (Å²) in [6, 6.07) is 5.81. The lowest BCUT2D eigenvalue weighted by Crippen LogP contribution is -2.31. The molecule has 3 rings (SSSR count). The molecule has 1 aliphatic rings. The third kappa shape index (κ3) is 2.55. The monoisotopic (exact) mass is 271 g/mol. The summed E-state index contributed by atoms with van der Waals surface area (Å²) >= 11 is 0. The maximum absolute atomic E-state index is 12.1. The van der Waals surface area contributed by atoms with Gasteiger partial charge in [-0.2, -0.15) is 0 Å². The fourth-order valence-corrected chi connectivity index (χ4v) is 2.32. The number of pyridine rings is 1. The highest BCUT2D eigenvalue weighted by Crippen LogP contribution is 2.16. The first kappa shape index (κ1) is 12.8. The topological polar surface area (TPSA) is 71.8 Å². The molecule has 2 N–H and O–H groups in total. The normalized spacial score (nSPS) is 17.6. The summed E-state index contributed by atoms with van der Waals surface area (Å²) < 4.78 is 2.04. The second kappa shape index (κ2) is 5.42. The number of carbonyl (C=O) groups excluding carboxylic acids is 1. The SMILES string of the molecule is CC1NCCn2cc(C(=O)NCc3ccccn3)nc21. The van der Waals surface area contributed by atoms with E-state index < -0.39 is 0 Å². The van der Waals surface area contributed by atoms with E-state index in [9.17, 15) is 4.79 Å². The molecule has 0 saturated heterocycles. The lowest BCUT2D eigenvalue weighted by molar-refractivity contribution is 0.0945. The number of nitrogens with one attached hydrogen (secondary N) is 2. The Balaban J connectivity index is 1.69. The van der Waals surface area contributed by atoms with E-state index in [1.165, 1.54) is 0 Å². The van der Waals surface area contributed by atoms with Crippen molar-refractivity contribution in [2.45, 2.75) is 26.1 Å². The molecule has 0 fully saturated rings. The van der Waals surface area contributed by atoms with E-state index in [2.05, 4.69) is 20.6 Å². The summed E-state index contributed by atoms with van der Waals surface area (Å²) in [6.45, 7) is 4.21. The van der Waals surface area contributed by atoms with Crippen LogP contribution < -0.4 is 10.6 Å². The summed E-state index contributed by atoms with van der Waals surface area (Å²) in [5.41, 5.74) is 1.30. The molecule has 1 atom stereocenters. The van der Waals surface area contributed by atoms with Crippen LogP contribution in [0.3, 0.4) is 0 Å². The highest BCUT2D eigenvalue weighted by atomic mass is 16.1. The number of fused-ring (bicyclic) bond motifs is 1. The van der Waals surface area contributed by atoms with Crippen LogP contribution in [0, 0.1) is 0 Å². The minimum atomic E-state index is -0.162. The van der Waals surface area contributed by atoms with E-state index in [1.54, 1.807) is 6.20 Å². The van der Waals surface area contributed by atoms with Gasteiger partial charge >= 0.3 is 0 Å². The molecule has 1 aliphatic heterocycles. The molecule has 0 aliphatic carbocycles. The number of rotatable bonds is 3. The molecule has 2 aromatic rings. The third-order valence-corrected chi connectivity index (χ3v) is 3.39. The van der Waals surface area contributed by atoms with Crippen LogP contribution in [0.2, 0.25) is 0 Å². The molecule has 6 nitrogen and oxygen atoms in total. The van der Waals surface area contributed by atoms with Crippen molar-refractivity contribution in [2.24, 2.45) is 0 Å². The van der Waals surface area contributed by atoms with E-state index in [0.717, 1.165) is 24.6 Å². The van der Waals surface area contributed by atoms with Crippen molar-refractivity contribution < 1.29 is 4.79 Å². The predicted molar refractivity (Wildman–Crippen MR) is 74.1 cm³/mol. The predicted octanol–water partition coefficient (Wildman–Crippen LogP) is 0.872. The first-order valence-electron chi connectivity index (χ1n) is 6.72. The van der Waals surface area contributed by atoms with E-state index in [-0.39, 0.29) is 11.9 Å². The van der Waals surface area contributed by atoms with Crippen LogP contribution in [0.15, 0.2) is 30.6 Å². The molecular weight excluding hydrogens is 254 g/mol. The largest absolute Gasteiger partial charge is 0.345 e. The zero-order chi connectivity index (χ0) is 13.9. The van der Waals surface area contributed by atoms with Gasteiger partial charge in [0.25, 0.3) is 5.91 Å². The molecule has 1 unspecified atom stereocenters. The molecule has 0 bridgehead atoms. The molecular formula is C14H17N5O. The van der Waals surface area contributed by atoms with Gasteiger partial charge in [-0.1, -0.05) is 6.07 Å². The fraction of sp³-hybridized carbons (Fsp3) is 0.357. The Bertz CT molecular complexity index is 607. The second-order valence-electron chi connectivity index (χ2n) is 4.86. The number of amides is 1. The molecule has 0 saturated carbocycles. The van der Waals surface area contributed by atoms with E-state index in [1.807, 2.05) is 35.9 Å². The Morgan fingerprint density at radius 3 is 3.20 bits per heavy atom. The Morgan fingerprint density at radius 2 is 2.45 bits per heavy atom. The first-order valence-corrected chi connectivity index (χ1v) is 6.72. The number of aromatic nitrogens is 3. The Labute approximate surface area is 117 Å². The average Bonchev–Trinajstić information content (AvgIpc) is 2.91. The van der Waals surface area contributed by atoms with Crippen molar-refractivity contribution in [1.29, 1.82) is 0 Å². The zero-order valence-corrected chi connectivity index (χ0v) is 11.3. The maximum Gasteiger partial charge on any atom is 0.271 e. The fourth-order valence-electron chi connectivity index (χ4n) is 2.32. The molecule has 0 aromatic carbocycles. The van der Waals surface area contributed by atoms with Crippen LogP contribution in [0.5, 0.6) is 0 Å². The van der Waals surface area contributed by atoms with Crippen molar-refractivity contribution >= 4 is 5.91 Å². The van der Waals surface area contributed by atoms with Crippen molar-refractivity contribution in [1.82, 2.24) is 25.2 Å². The summed E-state index contributed by atoms with van der Waals surface area (Å²) in [4.78, 5) is 20.7. The van der Waals surface area contributed by atoms with Crippen LogP contribution in [0.1, 0.15) is 35.0 Å². The molecule has 20 heavy (non-hydrogen) atoms. The molecule has 2 aromatic heterocycles.